The summed E-state index contributed by atoms with van der Waals surface area (Å²) in [5.41, 5.74) is 0.627. The number of nitrogens with one attached hydrogen (secondary N) is 1. The maximum Gasteiger partial charge on any atom is 0.257 e. The van der Waals surface area contributed by atoms with Crippen LogP contribution in [0.4, 0.5) is 10.1 Å². The molecule has 0 radical (unpaired) electrons. The van der Waals surface area contributed by atoms with E-state index in [1.165, 1.54) is 19.1 Å². The Hall–Kier alpha value is -2.20. The number of carbonyl (C=O) groups excluding carboxylic acids is 2. The summed E-state index contributed by atoms with van der Waals surface area (Å²) in [5, 5.41) is 2.79. The van der Waals surface area contributed by atoms with Gasteiger partial charge in [0.25, 0.3) is 5.91 Å². The fourth-order valence-electron chi connectivity index (χ4n) is 1.76. The number of benzene rings is 2. The lowest BCUT2D eigenvalue weighted by molar-refractivity contribution is 0.101. The van der Waals surface area contributed by atoms with E-state index in [1.807, 2.05) is 0 Å². The number of halogens is 2. The summed E-state index contributed by atoms with van der Waals surface area (Å²) < 4.78 is 13.3. The van der Waals surface area contributed by atoms with Crippen molar-refractivity contribution in [3.63, 3.8) is 0 Å². The van der Waals surface area contributed by atoms with Crippen LogP contribution in [0, 0.1) is 5.82 Å². The Morgan fingerprint density at radius 3 is 2.45 bits per heavy atom. The Kier molecular flexibility index (Phi) is 4.15. The van der Waals surface area contributed by atoms with E-state index in [9.17, 15) is 14.0 Å². The lowest BCUT2D eigenvalue weighted by atomic mass is 10.1. The molecule has 0 aliphatic rings. The van der Waals surface area contributed by atoms with Gasteiger partial charge in [-0.05, 0) is 37.3 Å². The normalized spacial score (nSPS) is 10.2. The molecule has 0 aliphatic carbocycles. The average molecular weight is 292 g/mol. The van der Waals surface area contributed by atoms with Crippen LogP contribution < -0.4 is 5.32 Å². The van der Waals surface area contributed by atoms with Gasteiger partial charge < -0.3 is 5.32 Å². The number of hydrogen-bond acceptors (Lipinski definition) is 2. The molecule has 5 heteroatoms. The maximum atomic E-state index is 13.3. The highest BCUT2D eigenvalue weighted by molar-refractivity contribution is 6.34. The summed E-state index contributed by atoms with van der Waals surface area (Å²) in [6, 6.07) is 10.1. The molecule has 20 heavy (non-hydrogen) atoms. The molecule has 0 aliphatic heterocycles. The zero-order chi connectivity index (χ0) is 14.7. The predicted molar refractivity (Wildman–Crippen MR) is 75.8 cm³/mol. The third kappa shape index (κ3) is 3.03. The first-order chi connectivity index (χ1) is 9.49. The van der Waals surface area contributed by atoms with Crippen molar-refractivity contribution in [3.8, 4) is 0 Å². The summed E-state index contributed by atoms with van der Waals surface area (Å²) in [6.07, 6.45) is 0. The van der Waals surface area contributed by atoms with Crippen LogP contribution >= 0.6 is 11.6 Å². The standard InChI is InChI=1S/C15H11ClFNO2/c1-9(19)11-7-6-10(17)8-14(11)18-15(20)12-4-2-3-5-13(12)16/h2-8H,1H3,(H,18,20). The van der Waals surface area contributed by atoms with Gasteiger partial charge in [-0.2, -0.15) is 0 Å². The molecule has 2 aromatic carbocycles. The van der Waals surface area contributed by atoms with E-state index < -0.39 is 11.7 Å². The fourth-order valence-corrected chi connectivity index (χ4v) is 1.98. The largest absolute Gasteiger partial charge is 0.321 e. The molecule has 1 N–H and O–H groups in total. The number of anilines is 1. The second-order valence-electron chi connectivity index (χ2n) is 4.18. The second-order valence-corrected chi connectivity index (χ2v) is 4.59. The number of Topliss-reactive ketones (excluding diaryl/α,β-unsaturated/α-hetero) is 1. The molecular weight excluding hydrogens is 281 g/mol. The highest BCUT2D eigenvalue weighted by Crippen LogP contribution is 2.21. The van der Waals surface area contributed by atoms with Gasteiger partial charge in [-0.25, -0.2) is 4.39 Å². The van der Waals surface area contributed by atoms with Crippen LogP contribution in [0.1, 0.15) is 27.6 Å². The van der Waals surface area contributed by atoms with Crippen molar-refractivity contribution in [2.75, 3.05) is 5.32 Å². The summed E-state index contributed by atoms with van der Waals surface area (Å²) >= 11 is 5.92. The number of carbonyl (C=O) groups is 2. The molecule has 102 valence electrons. The highest BCUT2D eigenvalue weighted by atomic mass is 35.5. The molecule has 0 unspecified atom stereocenters. The lowest BCUT2D eigenvalue weighted by Gasteiger charge is -2.10. The summed E-state index contributed by atoms with van der Waals surface area (Å²) in [4.78, 5) is 23.6. The maximum absolute atomic E-state index is 13.3. The number of amides is 1. The van der Waals surface area contributed by atoms with Crippen molar-refractivity contribution < 1.29 is 14.0 Å². The van der Waals surface area contributed by atoms with Crippen molar-refractivity contribution in [3.05, 3.63) is 64.4 Å². The van der Waals surface area contributed by atoms with E-state index >= 15 is 0 Å². The quantitative estimate of drug-likeness (QED) is 0.871. The van der Waals surface area contributed by atoms with Gasteiger partial charge in [0.05, 0.1) is 16.3 Å². The van der Waals surface area contributed by atoms with Gasteiger partial charge in [-0.3, -0.25) is 9.59 Å². The third-order valence-corrected chi connectivity index (χ3v) is 3.06. The van der Waals surface area contributed by atoms with Crippen LogP contribution in [0.5, 0.6) is 0 Å². The molecule has 2 rings (SSSR count). The smallest absolute Gasteiger partial charge is 0.257 e. The Balaban J connectivity index is 2.35. The minimum atomic E-state index is -0.538. The Morgan fingerprint density at radius 2 is 1.80 bits per heavy atom. The van der Waals surface area contributed by atoms with Gasteiger partial charge in [-0.15, -0.1) is 0 Å². The summed E-state index contributed by atoms with van der Waals surface area (Å²) in [6.45, 7) is 1.35. The second kappa shape index (κ2) is 5.84. The number of rotatable bonds is 3. The van der Waals surface area contributed by atoms with Crippen LogP contribution in [0.3, 0.4) is 0 Å². The van der Waals surface area contributed by atoms with Gasteiger partial charge in [0.15, 0.2) is 5.78 Å². The van der Waals surface area contributed by atoms with E-state index in [1.54, 1.807) is 24.3 Å². The zero-order valence-electron chi connectivity index (χ0n) is 10.6. The minimum absolute atomic E-state index is 0.127. The molecule has 3 nitrogen and oxygen atoms in total. The van der Waals surface area contributed by atoms with E-state index in [2.05, 4.69) is 5.32 Å². The van der Waals surface area contributed by atoms with Gasteiger partial charge in [0.2, 0.25) is 0 Å². The van der Waals surface area contributed by atoms with Crippen LogP contribution in [0.15, 0.2) is 42.5 Å². The van der Waals surface area contributed by atoms with Gasteiger partial charge >= 0.3 is 0 Å². The fraction of sp³-hybridized carbons (Fsp3) is 0.0667. The van der Waals surface area contributed by atoms with Crippen molar-refractivity contribution in [1.29, 1.82) is 0 Å². The van der Waals surface area contributed by atoms with E-state index in [4.69, 9.17) is 11.6 Å². The SMILES string of the molecule is CC(=O)c1ccc(F)cc1NC(=O)c1ccccc1Cl. The first-order valence-corrected chi connectivity index (χ1v) is 6.23. The van der Waals surface area contributed by atoms with Crippen molar-refractivity contribution >= 4 is 29.0 Å². The van der Waals surface area contributed by atoms with Crippen molar-refractivity contribution in [2.24, 2.45) is 0 Å². The molecule has 0 bridgehead atoms. The monoisotopic (exact) mass is 291 g/mol. The molecular formula is C15H11ClFNO2. The van der Waals surface area contributed by atoms with Gasteiger partial charge in [0, 0.05) is 5.56 Å². The Morgan fingerprint density at radius 1 is 1.10 bits per heavy atom. The van der Waals surface area contributed by atoms with Crippen LogP contribution in [0.25, 0.3) is 0 Å². The van der Waals surface area contributed by atoms with E-state index in [0.29, 0.717) is 0 Å². The summed E-state index contributed by atoms with van der Waals surface area (Å²) in [5.74, 6) is -1.30. The number of ketones is 1. The van der Waals surface area contributed by atoms with Crippen molar-refractivity contribution in [2.45, 2.75) is 6.92 Å². The van der Waals surface area contributed by atoms with Crippen LogP contribution in [-0.2, 0) is 0 Å². The van der Waals surface area contributed by atoms with Gasteiger partial charge in [0.1, 0.15) is 5.82 Å². The van der Waals surface area contributed by atoms with Crippen LogP contribution in [0.2, 0.25) is 5.02 Å². The molecule has 0 aromatic heterocycles. The topological polar surface area (TPSA) is 46.2 Å². The van der Waals surface area contributed by atoms with Crippen LogP contribution in [-0.4, -0.2) is 11.7 Å². The highest BCUT2D eigenvalue weighted by Gasteiger charge is 2.14. The minimum Gasteiger partial charge on any atom is -0.321 e. The van der Waals surface area contributed by atoms with Crippen molar-refractivity contribution in [1.82, 2.24) is 0 Å². The molecule has 0 spiro atoms. The molecule has 0 saturated carbocycles. The first-order valence-electron chi connectivity index (χ1n) is 5.85. The molecule has 1 amide bonds. The summed E-state index contributed by atoms with van der Waals surface area (Å²) in [7, 11) is 0. The molecule has 0 saturated heterocycles. The Labute approximate surface area is 120 Å². The molecule has 0 atom stereocenters. The first kappa shape index (κ1) is 14.2. The number of hydrogen-bond donors (Lipinski definition) is 1. The van der Waals surface area contributed by atoms with E-state index in [-0.39, 0.29) is 27.6 Å². The molecule has 0 heterocycles. The molecule has 2 aromatic rings. The van der Waals surface area contributed by atoms with E-state index in [0.717, 1.165) is 6.07 Å². The lowest BCUT2D eigenvalue weighted by Crippen LogP contribution is -2.15. The predicted octanol–water partition coefficient (Wildman–Crippen LogP) is 3.93. The molecule has 0 fully saturated rings. The zero-order valence-corrected chi connectivity index (χ0v) is 11.4. The Bertz CT molecular complexity index is 685. The third-order valence-electron chi connectivity index (χ3n) is 2.73. The average Bonchev–Trinajstić information content (AvgIpc) is 2.38. The van der Waals surface area contributed by atoms with Gasteiger partial charge in [-0.1, -0.05) is 23.7 Å².